The van der Waals surface area contributed by atoms with Gasteiger partial charge in [-0.25, -0.2) is 0 Å². The normalized spacial score (nSPS) is 37.4. The molecule has 3 fully saturated rings. The van der Waals surface area contributed by atoms with Crippen LogP contribution in [0, 0.1) is 11.8 Å². The summed E-state index contributed by atoms with van der Waals surface area (Å²) in [6, 6.07) is 1.63. The van der Waals surface area contributed by atoms with Crippen LogP contribution in [0.2, 0.25) is 0 Å². The summed E-state index contributed by atoms with van der Waals surface area (Å²) < 4.78 is 0. The topological polar surface area (TPSA) is 15.3 Å². The minimum absolute atomic E-state index is 0.473. The third-order valence-electron chi connectivity index (χ3n) is 6.75. The van der Waals surface area contributed by atoms with E-state index in [4.69, 9.17) is 0 Å². The lowest BCUT2D eigenvalue weighted by Gasteiger charge is -2.53. The predicted octanol–water partition coefficient (Wildman–Crippen LogP) is 4.20. The zero-order valence-electron chi connectivity index (χ0n) is 14.5. The molecule has 0 aromatic carbocycles. The van der Waals surface area contributed by atoms with Gasteiger partial charge in [-0.3, -0.25) is 4.90 Å². The first kappa shape index (κ1) is 15.8. The van der Waals surface area contributed by atoms with Gasteiger partial charge >= 0.3 is 0 Å². The van der Waals surface area contributed by atoms with Crippen molar-refractivity contribution >= 4 is 0 Å². The highest BCUT2D eigenvalue weighted by Gasteiger charge is 2.45. The van der Waals surface area contributed by atoms with Crippen molar-refractivity contribution in [2.45, 2.75) is 96.2 Å². The van der Waals surface area contributed by atoms with Gasteiger partial charge in [0.1, 0.15) is 0 Å². The third-order valence-corrected chi connectivity index (χ3v) is 6.75. The standard InChI is InChI=1S/C19H36N2/c1-4-16-9-5-6-10-17(16)21-14-19(11-7-8-12-19)20-13-18(21)15(2)3/h15-18,20H,4-14H2,1-3H3. The molecule has 0 aromatic rings. The predicted molar refractivity (Wildman–Crippen MR) is 90.6 cm³/mol. The van der Waals surface area contributed by atoms with Crippen LogP contribution in [0.1, 0.15) is 78.6 Å². The quantitative estimate of drug-likeness (QED) is 0.839. The van der Waals surface area contributed by atoms with E-state index in [0.717, 1.165) is 23.9 Å². The Labute approximate surface area is 132 Å². The molecule has 3 aliphatic rings. The first-order valence-corrected chi connectivity index (χ1v) is 9.66. The molecule has 1 saturated heterocycles. The van der Waals surface area contributed by atoms with Crippen LogP contribution in [-0.4, -0.2) is 35.6 Å². The Balaban J connectivity index is 1.79. The van der Waals surface area contributed by atoms with Gasteiger partial charge in [-0.15, -0.1) is 0 Å². The second-order valence-electron chi connectivity index (χ2n) is 8.37. The van der Waals surface area contributed by atoms with Crippen molar-refractivity contribution in [3.63, 3.8) is 0 Å². The van der Waals surface area contributed by atoms with E-state index in [2.05, 4.69) is 31.0 Å². The van der Waals surface area contributed by atoms with Crippen molar-refractivity contribution in [2.24, 2.45) is 11.8 Å². The fourth-order valence-electron chi connectivity index (χ4n) is 5.43. The molecule has 0 amide bonds. The van der Waals surface area contributed by atoms with Crippen molar-refractivity contribution in [1.82, 2.24) is 10.2 Å². The van der Waals surface area contributed by atoms with E-state index >= 15 is 0 Å². The first-order valence-electron chi connectivity index (χ1n) is 9.66. The molecule has 3 atom stereocenters. The molecule has 2 heteroatoms. The fraction of sp³-hybridized carbons (Fsp3) is 1.00. The zero-order chi connectivity index (χ0) is 14.9. The summed E-state index contributed by atoms with van der Waals surface area (Å²) in [5, 5.41) is 3.99. The molecule has 2 aliphatic carbocycles. The van der Waals surface area contributed by atoms with Crippen LogP contribution in [0.25, 0.3) is 0 Å². The van der Waals surface area contributed by atoms with Gasteiger partial charge in [-0.2, -0.15) is 0 Å². The summed E-state index contributed by atoms with van der Waals surface area (Å²) in [5.74, 6) is 1.73. The molecule has 1 N–H and O–H groups in total. The van der Waals surface area contributed by atoms with Gasteiger partial charge < -0.3 is 5.32 Å². The lowest BCUT2D eigenvalue weighted by Crippen LogP contribution is -2.67. The number of nitrogens with zero attached hydrogens (tertiary/aromatic N) is 1. The number of nitrogens with one attached hydrogen (secondary N) is 1. The highest BCUT2D eigenvalue weighted by atomic mass is 15.3. The van der Waals surface area contributed by atoms with E-state index in [1.54, 1.807) is 0 Å². The van der Waals surface area contributed by atoms with Crippen LogP contribution in [-0.2, 0) is 0 Å². The van der Waals surface area contributed by atoms with Crippen molar-refractivity contribution in [3.8, 4) is 0 Å². The summed E-state index contributed by atoms with van der Waals surface area (Å²) in [7, 11) is 0. The number of hydrogen-bond acceptors (Lipinski definition) is 2. The number of rotatable bonds is 3. The number of piperazine rings is 1. The minimum Gasteiger partial charge on any atom is -0.308 e. The van der Waals surface area contributed by atoms with Crippen LogP contribution < -0.4 is 5.32 Å². The maximum absolute atomic E-state index is 3.99. The molecule has 0 aromatic heterocycles. The minimum atomic E-state index is 0.473. The van der Waals surface area contributed by atoms with Gasteiger partial charge in [0.05, 0.1) is 0 Å². The number of hydrogen-bond donors (Lipinski definition) is 1. The molecule has 2 saturated carbocycles. The smallest absolute Gasteiger partial charge is 0.0309 e. The summed E-state index contributed by atoms with van der Waals surface area (Å²) in [4.78, 5) is 2.99. The van der Waals surface area contributed by atoms with Gasteiger partial charge in [-0.05, 0) is 37.5 Å². The summed E-state index contributed by atoms with van der Waals surface area (Å²) in [6.45, 7) is 9.83. The highest BCUT2D eigenvalue weighted by molar-refractivity contribution is 5.04. The molecule has 0 radical (unpaired) electrons. The van der Waals surface area contributed by atoms with Crippen LogP contribution >= 0.6 is 0 Å². The lowest BCUT2D eigenvalue weighted by molar-refractivity contribution is -0.0134. The van der Waals surface area contributed by atoms with Crippen molar-refractivity contribution < 1.29 is 0 Å². The van der Waals surface area contributed by atoms with E-state index in [1.807, 2.05) is 0 Å². The van der Waals surface area contributed by atoms with Crippen molar-refractivity contribution in [1.29, 1.82) is 0 Å². The molecule has 1 spiro atoms. The summed E-state index contributed by atoms with van der Waals surface area (Å²) in [5.41, 5.74) is 0.473. The fourth-order valence-corrected chi connectivity index (χ4v) is 5.43. The monoisotopic (exact) mass is 292 g/mol. The Morgan fingerprint density at radius 2 is 1.81 bits per heavy atom. The van der Waals surface area contributed by atoms with Gasteiger partial charge in [-0.1, -0.05) is 52.9 Å². The molecule has 2 nitrogen and oxygen atoms in total. The Hall–Kier alpha value is -0.0800. The Bertz CT molecular complexity index is 332. The third kappa shape index (κ3) is 3.17. The molecule has 1 heterocycles. The molecule has 21 heavy (non-hydrogen) atoms. The molecule has 3 unspecified atom stereocenters. The van der Waals surface area contributed by atoms with Gasteiger partial charge in [0.25, 0.3) is 0 Å². The van der Waals surface area contributed by atoms with E-state index in [-0.39, 0.29) is 0 Å². The van der Waals surface area contributed by atoms with Crippen LogP contribution in [0.3, 0.4) is 0 Å². The Morgan fingerprint density at radius 1 is 1.10 bits per heavy atom. The van der Waals surface area contributed by atoms with E-state index < -0.39 is 0 Å². The van der Waals surface area contributed by atoms with Gasteiger partial charge in [0.2, 0.25) is 0 Å². The summed E-state index contributed by atoms with van der Waals surface area (Å²) in [6.07, 6.45) is 13.0. The second-order valence-corrected chi connectivity index (χ2v) is 8.37. The molecule has 0 bridgehead atoms. The van der Waals surface area contributed by atoms with Crippen LogP contribution in [0.4, 0.5) is 0 Å². The van der Waals surface area contributed by atoms with Crippen molar-refractivity contribution in [3.05, 3.63) is 0 Å². The average molecular weight is 293 g/mol. The van der Waals surface area contributed by atoms with E-state index in [0.29, 0.717) is 5.54 Å². The maximum atomic E-state index is 3.99. The van der Waals surface area contributed by atoms with E-state index in [9.17, 15) is 0 Å². The molecular weight excluding hydrogens is 256 g/mol. The molecule has 3 rings (SSSR count). The summed E-state index contributed by atoms with van der Waals surface area (Å²) >= 11 is 0. The Morgan fingerprint density at radius 3 is 2.48 bits per heavy atom. The second kappa shape index (κ2) is 6.58. The highest BCUT2D eigenvalue weighted by Crippen LogP contribution is 2.39. The van der Waals surface area contributed by atoms with Gasteiger partial charge in [0, 0.05) is 30.7 Å². The Kier molecular flexibility index (Phi) is 4.95. The average Bonchev–Trinajstić information content (AvgIpc) is 2.94. The largest absolute Gasteiger partial charge is 0.308 e. The van der Waals surface area contributed by atoms with E-state index in [1.165, 1.54) is 70.9 Å². The van der Waals surface area contributed by atoms with Gasteiger partial charge in [0.15, 0.2) is 0 Å². The first-order chi connectivity index (χ1) is 10.2. The lowest BCUT2D eigenvalue weighted by atomic mass is 9.78. The van der Waals surface area contributed by atoms with Crippen LogP contribution in [0.5, 0.6) is 0 Å². The SMILES string of the molecule is CCC1CCCCC1N1CC2(CCCC2)NCC1C(C)C. The maximum Gasteiger partial charge on any atom is 0.0309 e. The molecular formula is C19H36N2. The van der Waals surface area contributed by atoms with Crippen LogP contribution in [0.15, 0.2) is 0 Å². The van der Waals surface area contributed by atoms with Crippen molar-refractivity contribution in [2.75, 3.05) is 13.1 Å². The zero-order valence-corrected chi connectivity index (χ0v) is 14.5. The molecule has 1 aliphatic heterocycles. The molecule has 122 valence electrons.